The molecule has 0 atom stereocenters. The quantitative estimate of drug-likeness (QED) is 0.725. The highest BCUT2D eigenvalue weighted by Gasteiger charge is 2.20. The molecule has 7 nitrogen and oxygen atoms in total. The summed E-state index contributed by atoms with van der Waals surface area (Å²) in [7, 11) is 0. The predicted octanol–water partition coefficient (Wildman–Crippen LogP) is -0.598. The highest BCUT2D eigenvalue weighted by Crippen LogP contribution is 2.04. The second-order valence-corrected chi connectivity index (χ2v) is 3.71. The number of carboxylic acids is 1. The molecule has 3 N–H and O–H groups in total. The second-order valence-electron chi connectivity index (χ2n) is 3.71. The standard InChI is InChI=1S/C11H13N3O4/c1-7-2-3-8(4-13-7)11(18)14(5-9(12)15)6-10(16)17/h2-4H,5-6H2,1H3,(H2,12,15)(H,16,17). The third-order valence-electron chi connectivity index (χ3n) is 2.12. The van der Waals surface area contributed by atoms with Crippen LogP contribution in [-0.2, 0) is 9.59 Å². The van der Waals surface area contributed by atoms with Crippen LogP contribution in [0.2, 0.25) is 0 Å². The summed E-state index contributed by atoms with van der Waals surface area (Å²) in [5.41, 5.74) is 5.91. The molecule has 0 aromatic carbocycles. The van der Waals surface area contributed by atoms with Gasteiger partial charge >= 0.3 is 5.97 Å². The van der Waals surface area contributed by atoms with E-state index in [0.717, 1.165) is 10.6 Å². The van der Waals surface area contributed by atoms with Gasteiger partial charge in [0.05, 0.1) is 5.56 Å². The van der Waals surface area contributed by atoms with Crippen LogP contribution in [0.1, 0.15) is 16.1 Å². The largest absolute Gasteiger partial charge is 0.480 e. The van der Waals surface area contributed by atoms with Gasteiger partial charge in [0.15, 0.2) is 0 Å². The topological polar surface area (TPSA) is 114 Å². The Morgan fingerprint density at radius 3 is 2.44 bits per heavy atom. The number of carboxylic acid groups (broad SMARTS) is 1. The number of hydrogen-bond donors (Lipinski definition) is 2. The van der Waals surface area contributed by atoms with Crippen LogP contribution in [0.4, 0.5) is 0 Å². The predicted molar refractivity (Wildman–Crippen MR) is 61.7 cm³/mol. The second kappa shape index (κ2) is 5.76. The Morgan fingerprint density at radius 1 is 1.33 bits per heavy atom. The van der Waals surface area contributed by atoms with E-state index in [-0.39, 0.29) is 5.56 Å². The van der Waals surface area contributed by atoms with Gasteiger partial charge in [0, 0.05) is 11.9 Å². The van der Waals surface area contributed by atoms with E-state index in [1.165, 1.54) is 12.3 Å². The van der Waals surface area contributed by atoms with Gasteiger partial charge in [-0.05, 0) is 19.1 Å². The van der Waals surface area contributed by atoms with E-state index in [1.807, 2.05) is 0 Å². The first-order chi connectivity index (χ1) is 8.40. The molecular formula is C11H13N3O4. The molecule has 0 radical (unpaired) electrons. The average molecular weight is 251 g/mol. The number of amides is 2. The van der Waals surface area contributed by atoms with Crippen LogP contribution < -0.4 is 5.73 Å². The third-order valence-corrected chi connectivity index (χ3v) is 2.12. The molecule has 0 aliphatic rings. The molecule has 7 heteroatoms. The number of carbonyl (C=O) groups excluding carboxylic acids is 2. The fourth-order valence-electron chi connectivity index (χ4n) is 1.33. The molecule has 0 aliphatic heterocycles. The van der Waals surface area contributed by atoms with Gasteiger partial charge < -0.3 is 15.7 Å². The maximum Gasteiger partial charge on any atom is 0.323 e. The third kappa shape index (κ3) is 3.85. The van der Waals surface area contributed by atoms with Gasteiger partial charge in [-0.1, -0.05) is 0 Å². The van der Waals surface area contributed by atoms with E-state index in [2.05, 4.69) is 4.98 Å². The van der Waals surface area contributed by atoms with E-state index in [9.17, 15) is 14.4 Å². The molecule has 0 saturated carbocycles. The molecule has 2 amide bonds. The van der Waals surface area contributed by atoms with Crippen molar-refractivity contribution in [3.63, 3.8) is 0 Å². The van der Waals surface area contributed by atoms with Crippen molar-refractivity contribution < 1.29 is 19.5 Å². The molecule has 0 fully saturated rings. The lowest BCUT2D eigenvalue weighted by Crippen LogP contribution is -2.41. The van der Waals surface area contributed by atoms with Crippen LogP contribution in [0.25, 0.3) is 0 Å². The summed E-state index contributed by atoms with van der Waals surface area (Å²) < 4.78 is 0. The number of carbonyl (C=O) groups is 3. The van der Waals surface area contributed by atoms with Gasteiger partial charge in [0.25, 0.3) is 5.91 Å². The normalized spacial score (nSPS) is 9.83. The smallest absolute Gasteiger partial charge is 0.323 e. The minimum Gasteiger partial charge on any atom is -0.480 e. The molecule has 0 spiro atoms. The monoisotopic (exact) mass is 251 g/mol. The van der Waals surface area contributed by atoms with Gasteiger partial charge in [-0.2, -0.15) is 0 Å². The summed E-state index contributed by atoms with van der Waals surface area (Å²) in [4.78, 5) is 38.2. The van der Waals surface area contributed by atoms with Gasteiger partial charge in [0.2, 0.25) is 5.91 Å². The van der Waals surface area contributed by atoms with Crippen molar-refractivity contribution in [2.75, 3.05) is 13.1 Å². The Hall–Kier alpha value is -2.44. The zero-order valence-electron chi connectivity index (χ0n) is 9.79. The molecule has 1 heterocycles. The molecule has 96 valence electrons. The lowest BCUT2D eigenvalue weighted by molar-refractivity contribution is -0.138. The molecule has 0 unspecified atom stereocenters. The van der Waals surface area contributed by atoms with Crippen molar-refractivity contribution in [2.24, 2.45) is 5.73 Å². The van der Waals surface area contributed by atoms with Gasteiger partial charge in [0.1, 0.15) is 13.1 Å². The van der Waals surface area contributed by atoms with Crippen molar-refractivity contribution >= 4 is 17.8 Å². The number of pyridine rings is 1. The number of hydrogen-bond acceptors (Lipinski definition) is 4. The molecule has 0 bridgehead atoms. The Morgan fingerprint density at radius 2 is 2.00 bits per heavy atom. The minimum absolute atomic E-state index is 0.211. The summed E-state index contributed by atoms with van der Waals surface area (Å²) >= 11 is 0. The summed E-state index contributed by atoms with van der Waals surface area (Å²) in [6.45, 7) is 0.724. The highest BCUT2D eigenvalue weighted by atomic mass is 16.4. The van der Waals surface area contributed by atoms with Crippen LogP contribution in [0.3, 0.4) is 0 Å². The highest BCUT2D eigenvalue weighted by molar-refractivity contribution is 5.97. The minimum atomic E-state index is -1.22. The van der Waals surface area contributed by atoms with Crippen molar-refractivity contribution in [3.05, 3.63) is 29.6 Å². The van der Waals surface area contributed by atoms with Crippen molar-refractivity contribution in [1.82, 2.24) is 9.88 Å². The Labute approximate surface area is 103 Å². The molecule has 0 saturated heterocycles. The maximum absolute atomic E-state index is 11.9. The average Bonchev–Trinajstić information content (AvgIpc) is 2.27. The first-order valence-corrected chi connectivity index (χ1v) is 5.12. The number of rotatable bonds is 5. The van der Waals surface area contributed by atoms with Crippen LogP contribution >= 0.6 is 0 Å². The Bertz CT molecular complexity index is 454. The summed E-state index contributed by atoms with van der Waals surface area (Å²) in [6, 6.07) is 3.14. The molecule has 1 aromatic heterocycles. The first-order valence-electron chi connectivity index (χ1n) is 5.12. The van der Waals surface area contributed by atoms with Crippen LogP contribution in [0.5, 0.6) is 0 Å². The lowest BCUT2D eigenvalue weighted by atomic mass is 10.2. The number of primary amides is 1. The van der Waals surface area contributed by atoms with E-state index >= 15 is 0 Å². The van der Waals surface area contributed by atoms with E-state index < -0.39 is 30.9 Å². The molecule has 0 aliphatic carbocycles. The molecule has 1 rings (SSSR count). The zero-order chi connectivity index (χ0) is 13.7. The maximum atomic E-state index is 11.9. The Balaban J connectivity index is 2.90. The van der Waals surface area contributed by atoms with Crippen molar-refractivity contribution in [2.45, 2.75) is 6.92 Å². The van der Waals surface area contributed by atoms with Crippen molar-refractivity contribution in [3.8, 4) is 0 Å². The molecular weight excluding hydrogens is 238 g/mol. The Kier molecular flexibility index (Phi) is 4.36. The number of nitrogens with zero attached hydrogens (tertiary/aromatic N) is 2. The summed E-state index contributed by atoms with van der Waals surface area (Å²) in [5.74, 6) is -2.59. The van der Waals surface area contributed by atoms with Crippen LogP contribution in [0.15, 0.2) is 18.3 Å². The molecule has 1 aromatic rings. The van der Waals surface area contributed by atoms with Crippen LogP contribution in [0, 0.1) is 6.92 Å². The van der Waals surface area contributed by atoms with E-state index in [0.29, 0.717) is 0 Å². The number of aryl methyl sites for hydroxylation is 1. The van der Waals surface area contributed by atoms with Crippen LogP contribution in [-0.4, -0.2) is 45.9 Å². The fourth-order valence-corrected chi connectivity index (χ4v) is 1.33. The van der Waals surface area contributed by atoms with Crippen molar-refractivity contribution in [1.29, 1.82) is 0 Å². The SMILES string of the molecule is Cc1ccc(C(=O)N(CC(N)=O)CC(=O)O)cn1. The summed E-state index contributed by atoms with van der Waals surface area (Å²) in [5, 5.41) is 8.68. The van der Waals surface area contributed by atoms with E-state index in [4.69, 9.17) is 10.8 Å². The van der Waals surface area contributed by atoms with E-state index in [1.54, 1.807) is 13.0 Å². The summed E-state index contributed by atoms with van der Waals surface area (Å²) in [6.07, 6.45) is 1.33. The lowest BCUT2D eigenvalue weighted by Gasteiger charge is -2.18. The zero-order valence-corrected chi connectivity index (χ0v) is 9.79. The number of aromatic nitrogens is 1. The van der Waals surface area contributed by atoms with Gasteiger partial charge in [-0.15, -0.1) is 0 Å². The van der Waals surface area contributed by atoms with Gasteiger partial charge in [-0.25, -0.2) is 0 Å². The number of aliphatic carboxylic acids is 1. The molecule has 18 heavy (non-hydrogen) atoms. The number of nitrogens with two attached hydrogens (primary N) is 1. The first kappa shape index (κ1) is 13.6. The van der Waals surface area contributed by atoms with Gasteiger partial charge in [-0.3, -0.25) is 19.4 Å². The fraction of sp³-hybridized carbons (Fsp3) is 0.273.